The van der Waals surface area contributed by atoms with Gasteiger partial charge in [0.2, 0.25) is 0 Å². The van der Waals surface area contributed by atoms with Crippen LogP contribution in [-0.2, 0) is 11.2 Å². The Kier molecular flexibility index (Phi) is 4.34. The summed E-state index contributed by atoms with van der Waals surface area (Å²) in [6, 6.07) is 5.96. The van der Waals surface area contributed by atoms with Crippen molar-refractivity contribution in [3.63, 3.8) is 0 Å². The van der Waals surface area contributed by atoms with Crippen LogP contribution in [0, 0.1) is 11.3 Å². The molecular weight excluding hydrogens is 304 g/mol. The first kappa shape index (κ1) is 14.6. The minimum Gasteiger partial charge on any atom is -0.497 e. The Hall–Kier alpha value is -0.830. The Balaban J connectivity index is 2.26. The van der Waals surface area contributed by atoms with Gasteiger partial charge in [-0.05, 0) is 48.4 Å². The fourth-order valence-electron chi connectivity index (χ4n) is 2.95. The molecule has 0 spiro atoms. The molecule has 1 aromatic carbocycles. The molecule has 1 aliphatic rings. The van der Waals surface area contributed by atoms with Crippen LogP contribution in [0.1, 0.15) is 38.7 Å². The van der Waals surface area contributed by atoms with E-state index in [0.29, 0.717) is 5.78 Å². The van der Waals surface area contributed by atoms with Crippen LogP contribution in [0.15, 0.2) is 22.7 Å². The molecule has 1 atom stereocenters. The lowest BCUT2D eigenvalue weighted by Crippen LogP contribution is -2.36. The largest absolute Gasteiger partial charge is 0.497 e. The number of ether oxygens (including phenoxy) is 1. The van der Waals surface area contributed by atoms with Gasteiger partial charge in [-0.15, -0.1) is 0 Å². The Morgan fingerprint density at radius 1 is 1.42 bits per heavy atom. The van der Waals surface area contributed by atoms with Crippen molar-refractivity contribution >= 4 is 21.7 Å². The van der Waals surface area contributed by atoms with Crippen molar-refractivity contribution < 1.29 is 9.53 Å². The molecule has 2 nitrogen and oxygen atoms in total. The topological polar surface area (TPSA) is 26.3 Å². The average Bonchev–Trinajstić information content (AvgIpc) is 2.35. The number of Topliss-reactive ketones (excluding diaryl/α,β-unsaturated/α-hetero) is 1. The van der Waals surface area contributed by atoms with Crippen LogP contribution < -0.4 is 4.74 Å². The number of carbonyl (C=O) groups is 1. The van der Waals surface area contributed by atoms with Crippen molar-refractivity contribution in [2.75, 3.05) is 7.11 Å². The van der Waals surface area contributed by atoms with Gasteiger partial charge in [0, 0.05) is 16.8 Å². The first-order valence-electron chi connectivity index (χ1n) is 6.79. The summed E-state index contributed by atoms with van der Waals surface area (Å²) in [6.45, 7) is 4.42. The fraction of sp³-hybridized carbons (Fsp3) is 0.562. The van der Waals surface area contributed by atoms with Crippen LogP contribution in [-0.4, -0.2) is 12.9 Å². The molecule has 0 bridgehead atoms. The third-order valence-corrected chi connectivity index (χ3v) is 5.03. The van der Waals surface area contributed by atoms with E-state index < -0.39 is 0 Å². The van der Waals surface area contributed by atoms with Gasteiger partial charge >= 0.3 is 0 Å². The fourth-order valence-corrected chi connectivity index (χ4v) is 3.36. The van der Waals surface area contributed by atoms with Crippen molar-refractivity contribution in [3.05, 3.63) is 28.2 Å². The molecule has 1 aliphatic carbocycles. The summed E-state index contributed by atoms with van der Waals surface area (Å²) >= 11 is 3.58. The molecule has 1 unspecified atom stereocenters. The van der Waals surface area contributed by atoms with E-state index in [-0.39, 0.29) is 11.3 Å². The molecule has 104 valence electrons. The molecule has 1 saturated carbocycles. The molecule has 0 N–H and O–H groups in total. The van der Waals surface area contributed by atoms with E-state index in [1.165, 1.54) is 0 Å². The summed E-state index contributed by atoms with van der Waals surface area (Å²) in [7, 11) is 1.67. The van der Waals surface area contributed by atoms with Crippen molar-refractivity contribution in [1.82, 2.24) is 0 Å². The third kappa shape index (κ3) is 3.19. The minimum atomic E-state index is 0.0951. The Morgan fingerprint density at radius 2 is 2.16 bits per heavy atom. The first-order valence-corrected chi connectivity index (χ1v) is 7.58. The first-order chi connectivity index (χ1) is 8.94. The maximum Gasteiger partial charge on any atom is 0.136 e. The molecule has 0 radical (unpaired) electrons. The number of halogens is 1. The molecule has 0 heterocycles. The van der Waals surface area contributed by atoms with Crippen molar-refractivity contribution in [2.45, 2.75) is 39.5 Å². The maximum absolute atomic E-state index is 12.2. The Bertz CT molecular complexity index is 480. The van der Waals surface area contributed by atoms with E-state index in [2.05, 4.69) is 29.8 Å². The van der Waals surface area contributed by atoms with E-state index in [9.17, 15) is 4.79 Å². The summed E-state index contributed by atoms with van der Waals surface area (Å²) in [6.07, 6.45) is 3.69. The molecule has 0 amide bonds. The van der Waals surface area contributed by atoms with Gasteiger partial charge in [-0.2, -0.15) is 0 Å². The predicted molar refractivity (Wildman–Crippen MR) is 80.5 cm³/mol. The second-order valence-electron chi connectivity index (χ2n) is 6.02. The summed E-state index contributed by atoms with van der Waals surface area (Å²) in [5.74, 6) is 1.37. The third-order valence-electron chi connectivity index (χ3n) is 4.25. The second-order valence-corrected chi connectivity index (χ2v) is 6.88. The standard InChI is InChI=1S/C16H21BrO2/c1-16(2)8-4-5-15(18)13(16)10-11-9-12(19-3)6-7-14(11)17/h6-7,9,13H,4-5,8,10H2,1-3H3. The van der Waals surface area contributed by atoms with E-state index in [0.717, 1.165) is 41.5 Å². The van der Waals surface area contributed by atoms with E-state index in [4.69, 9.17) is 4.74 Å². The number of hydrogen-bond acceptors (Lipinski definition) is 2. The zero-order chi connectivity index (χ0) is 14.0. The Labute approximate surface area is 123 Å². The monoisotopic (exact) mass is 324 g/mol. The zero-order valence-electron chi connectivity index (χ0n) is 11.8. The smallest absolute Gasteiger partial charge is 0.136 e. The van der Waals surface area contributed by atoms with Crippen LogP contribution in [0.4, 0.5) is 0 Å². The van der Waals surface area contributed by atoms with Crippen LogP contribution in [0.25, 0.3) is 0 Å². The number of methoxy groups -OCH3 is 1. The van der Waals surface area contributed by atoms with Crippen LogP contribution in [0.3, 0.4) is 0 Å². The van der Waals surface area contributed by atoms with Gasteiger partial charge in [0.25, 0.3) is 0 Å². The SMILES string of the molecule is COc1ccc(Br)c(CC2C(=O)CCCC2(C)C)c1. The lowest BCUT2D eigenvalue weighted by Gasteiger charge is -2.37. The number of benzene rings is 1. The molecule has 0 saturated heterocycles. The molecule has 0 aromatic heterocycles. The van der Waals surface area contributed by atoms with Gasteiger partial charge in [-0.1, -0.05) is 29.8 Å². The molecule has 1 fully saturated rings. The highest BCUT2D eigenvalue weighted by molar-refractivity contribution is 9.10. The predicted octanol–water partition coefficient (Wildman–Crippen LogP) is 4.40. The van der Waals surface area contributed by atoms with Gasteiger partial charge < -0.3 is 4.74 Å². The van der Waals surface area contributed by atoms with E-state index >= 15 is 0 Å². The van der Waals surface area contributed by atoms with Gasteiger partial charge in [-0.25, -0.2) is 0 Å². The molecule has 0 aliphatic heterocycles. The van der Waals surface area contributed by atoms with Crippen molar-refractivity contribution in [2.24, 2.45) is 11.3 Å². The van der Waals surface area contributed by atoms with Crippen molar-refractivity contribution in [3.8, 4) is 5.75 Å². The lowest BCUT2D eigenvalue weighted by molar-refractivity contribution is -0.129. The highest BCUT2D eigenvalue weighted by atomic mass is 79.9. The van der Waals surface area contributed by atoms with Crippen LogP contribution >= 0.6 is 15.9 Å². The molecule has 1 aromatic rings. The normalized spacial score (nSPS) is 22.3. The van der Waals surface area contributed by atoms with Gasteiger partial charge in [0.15, 0.2) is 0 Å². The Morgan fingerprint density at radius 3 is 2.79 bits per heavy atom. The summed E-state index contributed by atoms with van der Waals surface area (Å²) in [5, 5.41) is 0. The highest BCUT2D eigenvalue weighted by Gasteiger charge is 2.38. The number of carbonyl (C=O) groups excluding carboxylic acids is 1. The van der Waals surface area contributed by atoms with Crippen LogP contribution in [0.5, 0.6) is 5.75 Å². The van der Waals surface area contributed by atoms with E-state index in [1.807, 2.05) is 18.2 Å². The summed E-state index contributed by atoms with van der Waals surface area (Å²) < 4.78 is 6.33. The highest BCUT2D eigenvalue weighted by Crippen LogP contribution is 2.41. The van der Waals surface area contributed by atoms with Gasteiger partial charge in [0.05, 0.1) is 7.11 Å². The van der Waals surface area contributed by atoms with Crippen LogP contribution in [0.2, 0.25) is 0 Å². The maximum atomic E-state index is 12.2. The summed E-state index contributed by atoms with van der Waals surface area (Å²) in [5.41, 5.74) is 1.25. The molecule has 3 heteroatoms. The second kappa shape index (κ2) is 5.66. The van der Waals surface area contributed by atoms with E-state index in [1.54, 1.807) is 7.11 Å². The molecule has 19 heavy (non-hydrogen) atoms. The van der Waals surface area contributed by atoms with Gasteiger partial charge in [0.1, 0.15) is 11.5 Å². The molecule has 2 rings (SSSR count). The van der Waals surface area contributed by atoms with Gasteiger partial charge in [-0.3, -0.25) is 4.79 Å². The number of ketones is 1. The quantitative estimate of drug-likeness (QED) is 0.823. The zero-order valence-corrected chi connectivity index (χ0v) is 13.4. The molecular formula is C16H21BrO2. The number of hydrogen-bond donors (Lipinski definition) is 0. The summed E-state index contributed by atoms with van der Waals surface area (Å²) in [4.78, 5) is 12.2. The van der Waals surface area contributed by atoms with Crippen molar-refractivity contribution in [1.29, 1.82) is 0 Å². The average molecular weight is 325 g/mol. The minimum absolute atomic E-state index is 0.0951. The number of rotatable bonds is 3. The lowest BCUT2D eigenvalue weighted by atomic mass is 9.66.